The summed E-state index contributed by atoms with van der Waals surface area (Å²) >= 11 is 0. The minimum Gasteiger partial charge on any atom is -0.381 e. The van der Waals surface area contributed by atoms with Crippen molar-refractivity contribution < 1.29 is 9.47 Å². The lowest BCUT2D eigenvalue weighted by molar-refractivity contribution is 0.0354. The van der Waals surface area contributed by atoms with Gasteiger partial charge in [0.25, 0.3) is 0 Å². The maximum Gasteiger partial charge on any atom is 0.191 e. The van der Waals surface area contributed by atoms with Gasteiger partial charge in [-0.25, -0.2) is 0 Å². The van der Waals surface area contributed by atoms with Gasteiger partial charge in [-0.2, -0.15) is 0 Å². The average molecular weight is 387 g/mol. The maximum absolute atomic E-state index is 5.97. The van der Waals surface area contributed by atoms with Gasteiger partial charge in [-0.15, -0.1) is 0 Å². The van der Waals surface area contributed by atoms with E-state index in [1.807, 2.05) is 7.05 Å². The molecule has 0 spiro atoms. The molecule has 3 aliphatic heterocycles. The molecule has 3 fully saturated rings. The van der Waals surface area contributed by atoms with Crippen molar-refractivity contribution in [2.24, 2.45) is 4.99 Å². The van der Waals surface area contributed by atoms with Crippen molar-refractivity contribution in [3.63, 3.8) is 0 Å². The summed E-state index contributed by atoms with van der Waals surface area (Å²) in [5, 5.41) is 11.1. The number of aliphatic imine (C=N–C) groups is 1. The number of nitrogens with zero attached hydrogens (tertiary/aromatic N) is 1. The van der Waals surface area contributed by atoms with Crippen molar-refractivity contribution in [3.8, 4) is 0 Å². The Hall–Kier alpha value is -1.63. The SMILES string of the molecule is CN=C(NCC1(NC(C)c2ccccc2)CCOCC1)NC1CC2CCC1O2. The van der Waals surface area contributed by atoms with Crippen LogP contribution in [0.3, 0.4) is 0 Å². The van der Waals surface area contributed by atoms with Gasteiger partial charge in [0.2, 0.25) is 0 Å². The van der Waals surface area contributed by atoms with Crippen LogP contribution in [0.25, 0.3) is 0 Å². The minimum atomic E-state index is -0.00366. The summed E-state index contributed by atoms with van der Waals surface area (Å²) in [5.74, 6) is 0.876. The van der Waals surface area contributed by atoms with Crippen LogP contribution in [0, 0.1) is 0 Å². The Morgan fingerprint density at radius 3 is 2.64 bits per heavy atom. The number of rotatable bonds is 6. The highest BCUT2D eigenvalue weighted by molar-refractivity contribution is 5.80. The molecular weight excluding hydrogens is 352 g/mol. The van der Waals surface area contributed by atoms with Crippen LogP contribution in [0.5, 0.6) is 0 Å². The first-order chi connectivity index (χ1) is 13.7. The summed E-state index contributed by atoms with van der Waals surface area (Å²) in [6.45, 7) is 4.66. The van der Waals surface area contributed by atoms with Crippen molar-refractivity contribution in [3.05, 3.63) is 35.9 Å². The molecule has 0 saturated carbocycles. The van der Waals surface area contributed by atoms with E-state index >= 15 is 0 Å². The number of nitrogens with one attached hydrogen (secondary N) is 3. The van der Waals surface area contributed by atoms with Crippen LogP contribution >= 0.6 is 0 Å². The maximum atomic E-state index is 5.97. The molecule has 0 amide bonds. The van der Waals surface area contributed by atoms with Crippen LogP contribution in [-0.4, -0.2) is 56.6 Å². The fourth-order valence-corrected chi connectivity index (χ4v) is 4.83. The predicted molar refractivity (Wildman–Crippen MR) is 112 cm³/mol. The third-order valence-corrected chi connectivity index (χ3v) is 6.52. The van der Waals surface area contributed by atoms with Crippen molar-refractivity contribution >= 4 is 5.96 Å². The lowest BCUT2D eigenvalue weighted by Gasteiger charge is -2.41. The first-order valence-corrected chi connectivity index (χ1v) is 10.7. The third kappa shape index (κ3) is 4.50. The smallest absolute Gasteiger partial charge is 0.191 e. The van der Waals surface area contributed by atoms with Gasteiger partial charge < -0.3 is 25.4 Å². The summed E-state index contributed by atoms with van der Waals surface area (Å²) in [7, 11) is 1.85. The van der Waals surface area contributed by atoms with E-state index in [1.54, 1.807) is 0 Å². The second kappa shape index (κ2) is 8.80. The van der Waals surface area contributed by atoms with Gasteiger partial charge >= 0.3 is 0 Å². The van der Waals surface area contributed by atoms with E-state index in [0.29, 0.717) is 18.2 Å². The summed E-state index contributed by atoms with van der Waals surface area (Å²) < 4.78 is 11.6. The molecule has 3 aliphatic rings. The first-order valence-electron chi connectivity index (χ1n) is 10.7. The Bertz CT molecular complexity index is 660. The highest BCUT2D eigenvalue weighted by Crippen LogP contribution is 2.34. The van der Waals surface area contributed by atoms with Gasteiger partial charge in [-0.05, 0) is 44.6 Å². The van der Waals surface area contributed by atoms with Crippen molar-refractivity contribution in [1.29, 1.82) is 0 Å². The second-order valence-corrected chi connectivity index (χ2v) is 8.46. The molecule has 3 heterocycles. The highest BCUT2D eigenvalue weighted by atomic mass is 16.5. The number of hydrogen-bond donors (Lipinski definition) is 3. The largest absolute Gasteiger partial charge is 0.381 e. The molecule has 0 aromatic heterocycles. The van der Waals surface area contributed by atoms with Crippen LogP contribution in [0.15, 0.2) is 35.3 Å². The highest BCUT2D eigenvalue weighted by Gasteiger charge is 2.41. The fraction of sp³-hybridized carbons (Fsp3) is 0.682. The van der Waals surface area contributed by atoms with Gasteiger partial charge in [0.15, 0.2) is 5.96 Å². The second-order valence-electron chi connectivity index (χ2n) is 8.46. The van der Waals surface area contributed by atoms with Gasteiger partial charge in [0.05, 0.1) is 18.2 Å². The third-order valence-electron chi connectivity index (χ3n) is 6.52. The minimum absolute atomic E-state index is 0.00366. The van der Waals surface area contributed by atoms with Crippen molar-refractivity contribution in [1.82, 2.24) is 16.0 Å². The average Bonchev–Trinajstić information content (AvgIpc) is 3.35. The predicted octanol–water partition coefficient (Wildman–Crippen LogP) is 2.37. The van der Waals surface area contributed by atoms with E-state index in [-0.39, 0.29) is 11.6 Å². The van der Waals surface area contributed by atoms with Crippen LogP contribution in [0.1, 0.15) is 50.6 Å². The van der Waals surface area contributed by atoms with Crippen LogP contribution in [0.4, 0.5) is 0 Å². The van der Waals surface area contributed by atoms with E-state index in [1.165, 1.54) is 12.0 Å². The van der Waals surface area contributed by atoms with E-state index < -0.39 is 0 Å². The molecule has 6 nitrogen and oxygen atoms in total. The molecule has 28 heavy (non-hydrogen) atoms. The Kier molecular flexibility index (Phi) is 6.19. The van der Waals surface area contributed by atoms with Crippen LogP contribution < -0.4 is 16.0 Å². The molecule has 3 saturated heterocycles. The molecule has 1 aromatic carbocycles. The number of benzene rings is 1. The Balaban J connectivity index is 1.37. The Labute approximate surface area is 168 Å². The summed E-state index contributed by atoms with van der Waals surface area (Å²) in [6.07, 6.45) is 6.23. The molecule has 6 heteroatoms. The number of guanidine groups is 1. The molecule has 4 unspecified atom stereocenters. The number of ether oxygens (including phenoxy) is 2. The lowest BCUT2D eigenvalue weighted by Crippen LogP contribution is -2.59. The van der Waals surface area contributed by atoms with Crippen molar-refractivity contribution in [2.75, 3.05) is 26.8 Å². The summed E-state index contributed by atoms with van der Waals surface area (Å²) in [4.78, 5) is 4.47. The normalized spacial score (nSPS) is 30.2. The van der Waals surface area contributed by atoms with Gasteiger partial charge in [0, 0.05) is 38.4 Å². The van der Waals surface area contributed by atoms with Crippen LogP contribution in [0.2, 0.25) is 0 Å². The summed E-state index contributed by atoms with van der Waals surface area (Å²) in [6, 6.07) is 11.3. The number of hydrogen-bond acceptors (Lipinski definition) is 4. The van der Waals surface area contributed by atoms with Gasteiger partial charge in [-0.1, -0.05) is 30.3 Å². The zero-order valence-electron chi connectivity index (χ0n) is 17.1. The number of fused-ring (bicyclic) bond motifs is 2. The fourth-order valence-electron chi connectivity index (χ4n) is 4.83. The lowest BCUT2D eigenvalue weighted by atomic mass is 9.88. The molecule has 4 atom stereocenters. The van der Waals surface area contributed by atoms with Crippen molar-refractivity contribution in [2.45, 2.75) is 68.9 Å². The van der Waals surface area contributed by atoms with Gasteiger partial charge in [0.1, 0.15) is 0 Å². The molecule has 0 aliphatic carbocycles. The Morgan fingerprint density at radius 2 is 2.00 bits per heavy atom. The zero-order chi connectivity index (χ0) is 19.4. The monoisotopic (exact) mass is 386 g/mol. The Morgan fingerprint density at radius 1 is 1.21 bits per heavy atom. The van der Waals surface area contributed by atoms with E-state index in [0.717, 1.165) is 51.4 Å². The first kappa shape index (κ1) is 19.7. The molecule has 4 rings (SSSR count). The van der Waals surface area contributed by atoms with Gasteiger partial charge in [-0.3, -0.25) is 4.99 Å². The topological polar surface area (TPSA) is 66.9 Å². The molecular formula is C22H34N4O2. The molecule has 2 bridgehead atoms. The molecule has 154 valence electrons. The van der Waals surface area contributed by atoms with E-state index in [9.17, 15) is 0 Å². The van der Waals surface area contributed by atoms with E-state index in [2.05, 4.69) is 58.2 Å². The summed E-state index contributed by atoms with van der Waals surface area (Å²) in [5.41, 5.74) is 1.31. The quantitative estimate of drug-likeness (QED) is 0.517. The standard InChI is InChI=1S/C22H34N4O2/c1-16(17-6-4-3-5-7-17)26-22(10-12-27-13-11-22)15-24-21(23-2)25-19-14-18-8-9-20(19)28-18/h3-7,16,18-20,26H,8-15H2,1-2H3,(H2,23,24,25). The molecule has 1 aromatic rings. The van der Waals surface area contributed by atoms with Crippen LogP contribution in [-0.2, 0) is 9.47 Å². The zero-order valence-corrected chi connectivity index (χ0v) is 17.1. The van der Waals surface area contributed by atoms with E-state index in [4.69, 9.17) is 9.47 Å². The molecule has 3 N–H and O–H groups in total. The molecule has 0 radical (unpaired) electrons.